The molecule has 0 spiro atoms. The Balaban J connectivity index is 3.27. The van der Waals surface area contributed by atoms with Crippen molar-refractivity contribution in [1.29, 1.82) is 0 Å². The molecule has 102 valence electrons. The van der Waals surface area contributed by atoms with Crippen LogP contribution in [-0.4, -0.2) is 33.4 Å². The fraction of sp³-hybridized carbons (Fsp3) is 0.400. The first kappa shape index (κ1) is 14.8. The smallest absolute Gasteiger partial charge is 0.235 e. The van der Waals surface area contributed by atoms with E-state index in [4.69, 9.17) is 0 Å². The summed E-state index contributed by atoms with van der Waals surface area (Å²) in [5.74, 6) is -0.327. The van der Waals surface area contributed by atoms with Crippen LogP contribution >= 0.6 is 0 Å². The maximum absolute atomic E-state index is 11.6. The van der Waals surface area contributed by atoms with Gasteiger partial charge in [-0.25, -0.2) is 16.8 Å². The fourth-order valence-electron chi connectivity index (χ4n) is 1.10. The number of hydrogen-bond acceptors (Lipinski definition) is 5. The number of phenols is 1. The van der Waals surface area contributed by atoms with Crippen molar-refractivity contribution in [2.75, 3.05) is 11.0 Å². The highest BCUT2D eigenvalue weighted by atomic mass is 32.2. The fourth-order valence-corrected chi connectivity index (χ4v) is 2.45. The van der Waals surface area contributed by atoms with Crippen molar-refractivity contribution in [2.45, 2.75) is 24.0 Å². The highest BCUT2D eigenvalue weighted by molar-refractivity contribution is 7.93. The third-order valence-electron chi connectivity index (χ3n) is 2.27. The lowest BCUT2D eigenvalue weighted by atomic mass is 10.3. The molecule has 0 fully saturated rings. The first-order valence-corrected chi connectivity index (χ1v) is 8.52. The number of anilines is 1. The quantitative estimate of drug-likeness (QED) is 0.805. The molecule has 0 aliphatic carbocycles. The highest BCUT2D eigenvalue weighted by Crippen LogP contribution is 2.27. The molecule has 0 atom stereocenters. The first-order valence-electron chi connectivity index (χ1n) is 5.09. The topological polar surface area (TPSA) is 101 Å². The van der Waals surface area contributed by atoms with Crippen LogP contribution in [0.4, 0.5) is 5.69 Å². The van der Waals surface area contributed by atoms with Crippen molar-refractivity contribution in [3.63, 3.8) is 0 Å². The summed E-state index contributed by atoms with van der Waals surface area (Å²) in [5.41, 5.74) is -0.147. The van der Waals surface area contributed by atoms with E-state index in [2.05, 4.69) is 4.72 Å². The molecular formula is C10H15NO5S2. The summed E-state index contributed by atoms with van der Waals surface area (Å²) in [6.07, 6.45) is 1.00. The molecule has 1 aromatic rings. The van der Waals surface area contributed by atoms with E-state index in [1.54, 1.807) is 0 Å². The van der Waals surface area contributed by atoms with E-state index >= 15 is 0 Å². The van der Waals surface area contributed by atoms with Gasteiger partial charge in [0, 0.05) is 6.26 Å². The number of phenolic OH excluding ortho intramolecular Hbond substituents is 1. The molecule has 18 heavy (non-hydrogen) atoms. The van der Waals surface area contributed by atoms with Crippen LogP contribution in [-0.2, 0) is 19.9 Å². The molecular weight excluding hydrogens is 278 g/mol. The highest BCUT2D eigenvalue weighted by Gasteiger charge is 2.19. The van der Waals surface area contributed by atoms with Gasteiger partial charge in [-0.1, -0.05) is 0 Å². The molecule has 0 aliphatic heterocycles. The lowest BCUT2D eigenvalue weighted by Gasteiger charge is -2.12. The van der Waals surface area contributed by atoms with Gasteiger partial charge in [0.25, 0.3) is 0 Å². The molecule has 6 nitrogen and oxygen atoms in total. The van der Waals surface area contributed by atoms with Crippen LogP contribution in [0.2, 0.25) is 0 Å². The number of sulfonamides is 1. The van der Waals surface area contributed by atoms with Crippen molar-refractivity contribution in [1.82, 2.24) is 0 Å². The van der Waals surface area contributed by atoms with Gasteiger partial charge in [0.1, 0.15) is 5.75 Å². The van der Waals surface area contributed by atoms with Crippen molar-refractivity contribution in [3.05, 3.63) is 18.2 Å². The van der Waals surface area contributed by atoms with Crippen molar-refractivity contribution in [3.8, 4) is 5.75 Å². The number of nitrogens with one attached hydrogen (secondary N) is 1. The Kier molecular flexibility index (Phi) is 3.92. The average molecular weight is 293 g/mol. The van der Waals surface area contributed by atoms with Gasteiger partial charge >= 0.3 is 0 Å². The van der Waals surface area contributed by atoms with E-state index in [1.165, 1.54) is 19.9 Å². The zero-order valence-corrected chi connectivity index (χ0v) is 11.8. The molecule has 2 N–H and O–H groups in total. The second kappa shape index (κ2) is 4.77. The van der Waals surface area contributed by atoms with E-state index in [0.717, 1.165) is 18.4 Å². The van der Waals surface area contributed by atoms with E-state index in [9.17, 15) is 21.9 Å². The Labute approximate surface area is 107 Å². The van der Waals surface area contributed by atoms with Crippen LogP contribution in [0.25, 0.3) is 0 Å². The molecule has 0 saturated carbocycles. The number of aromatic hydroxyl groups is 1. The lowest BCUT2D eigenvalue weighted by molar-refractivity contribution is 0.477. The Bertz CT molecular complexity index is 647. The molecule has 0 aliphatic rings. The summed E-state index contributed by atoms with van der Waals surface area (Å²) >= 11 is 0. The number of rotatable bonds is 4. The van der Waals surface area contributed by atoms with Crippen molar-refractivity contribution < 1.29 is 21.9 Å². The molecule has 1 rings (SSSR count). The molecule has 8 heteroatoms. The molecule has 0 aromatic heterocycles. The summed E-state index contributed by atoms with van der Waals surface area (Å²) in [6.45, 7) is 2.94. The second-order valence-corrected chi connectivity index (χ2v) is 8.40. The Morgan fingerprint density at radius 2 is 1.72 bits per heavy atom. The minimum absolute atomic E-state index is 0.0678. The van der Waals surface area contributed by atoms with Gasteiger partial charge in [0.05, 0.1) is 15.8 Å². The summed E-state index contributed by atoms with van der Waals surface area (Å²) in [7, 11) is -7.10. The predicted molar refractivity (Wildman–Crippen MR) is 68.9 cm³/mol. The summed E-state index contributed by atoms with van der Waals surface area (Å²) in [4.78, 5) is -0.0678. The minimum Gasteiger partial charge on any atom is -0.506 e. The SMILES string of the molecule is CC(C)S(=O)(=O)Nc1cc(S(C)(=O)=O)ccc1O. The summed E-state index contributed by atoms with van der Waals surface area (Å²) in [5, 5.41) is 8.83. The molecule has 0 amide bonds. The summed E-state index contributed by atoms with van der Waals surface area (Å²) in [6, 6.07) is 3.43. The molecule has 1 aromatic carbocycles. The molecule has 0 unspecified atom stereocenters. The zero-order valence-electron chi connectivity index (χ0n) is 10.2. The van der Waals surface area contributed by atoms with Gasteiger partial charge in [-0.15, -0.1) is 0 Å². The molecule has 0 saturated heterocycles. The van der Waals surface area contributed by atoms with Gasteiger partial charge in [-0.05, 0) is 32.0 Å². The third kappa shape index (κ3) is 3.36. The van der Waals surface area contributed by atoms with Gasteiger partial charge < -0.3 is 5.11 Å². The molecule has 0 heterocycles. The van der Waals surface area contributed by atoms with Gasteiger partial charge in [-0.3, -0.25) is 4.72 Å². The van der Waals surface area contributed by atoms with Gasteiger partial charge in [0.2, 0.25) is 10.0 Å². The number of benzene rings is 1. The van der Waals surface area contributed by atoms with Crippen LogP contribution < -0.4 is 4.72 Å². The maximum atomic E-state index is 11.6. The Hall–Kier alpha value is -1.28. The van der Waals surface area contributed by atoms with E-state index in [0.29, 0.717) is 0 Å². The minimum atomic E-state index is -3.64. The standard InChI is InChI=1S/C10H15NO5S2/c1-7(2)18(15,16)11-9-6-8(17(3,13)14)4-5-10(9)12/h4-7,11-12H,1-3H3. The van der Waals surface area contributed by atoms with E-state index in [1.807, 2.05) is 0 Å². The maximum Gasteiger partial charge on any atom is 0.235 e. The van der Waals surface area contributed by atoms with Crippen molar-refractivity contribution in [2.24, 2.45) is 0 Å². The van der Waals surface area contributed by atoms with E-state index in [-0.39, 0.29) is 16.3 Å². The van der Waals surface area contributed by atoms with Crippen LogP contribution in [0.5, 0.6) is 5.75 Å². The normalized spacial score (nSPS) is 12.7. The number of hydrogen-bond donors (Lipinski definition) is 2. The average Bonchev–Trinajstić information content (AvgIpc) is 2.19. The zero-order chi connectivity index (χ0) is 14.1. The monoisotopic (exact) mass is 293 g/mol. The van der Waals surface area contributed by atoms with Crippen molar-refractivity contribution >= 4 is 25.5 Å². The Morgan fingerprint density at radius 1 is 1.17 bits per heavy atom. The lowest BCUT2D eigenvalue weighted by Crippen LogP contribution is -2.22. The molecule has 0 bridgehead atoms. The van der Waals surface area contributed by atoms with Crippen LogP contribution in [0.15, 0.2) is 23.1 Å². The summed E-state index contributed by atoms with van der Waals surface area (Å²) < 4.78 is 48.1. The number of sulfone groups is 1. The Morgan fingerprint density at radius 3 is 2.17 bits per heavy atom. The van der Waals surface area contributed by atoms with Gasteiger partial charge in [0.15, 0.2) is 9.84 Å². The van der Waals surface area contributed by atoms with Crippen LogP contribution in [0, 0.1) is 0 Å². The first-order chi connectivity index (χ1) is 8.04. The van der Waals surface area contributed by atoms with Crippen LogP contribution in [0.3, 0.4) is 0 Å². The van der Waals surface area contributed by atoms with Crippen LogP contribution in [0.1, 0.15) is 13.8 Å². The third-order valence-corrected chi connectivity index (χ3v) is 5.12. The molecule has 0 radical (unpaired) electrons. The van der Waals surface area contributed by atoms with Gasteiger partial charge in [-0.2, -0.15) is 0 Å². The van der Waals surface area contributed by atoms with E-state index < -0.39 is 25.1 Å². The second-order valence-electron chi connectivity index (χ2n) is 4.15. The predicted octanol–water partition coefficient (Wildman–Crippen LogP) is 0.946. The largest absolute Gasteiger partial charge is 0.506 e.